The zero-order chi connectivity index (χ0) is 17.6. The van der Waals surface area contributed by atoms with Crippen LogP contribution in [0.4, 0.5) is 4.79 Å². The lowest BCUT2D eigenvalue weighted by Gasteiger charge is -2.30. The fourth-order valence-corrected chi connectivity index (χ4v) is 3.29. The minimum absolute atomic E-state index is 0.0524. The molecule has 1 aliphatic rings. The van der Waals surface area contributed by atoms with Crippen molar-refractivity contribution in [3.63, 3.8) is 0 Å². The fourth-order valence-electron chi connectivity index (χ4n) is 3.29. The lowest BCUT2D eigenvalue weighted by Crippen LogP contribution is -2.42. The Balaban J connectivity index is 1.71. The van der Waals surface area contributed by atoms with Crippen LogP contribution in [-0.2, 0) is 6.54 Å². The van der Waals surface area contributed by atoms with E-state index < -0.39 is 0 Å². The lowest BCUT2D eigenvalue weighted by atomic mass is 10.0. The molecule has 25 heavy (non-hydrogen) atoms. The number of carbonyl (C=O) groups is 1. The van der Waals surface area contributed by atoms with Crippen LogP contribution in [0, 0.1) is 6.92 Å². The summed E-state index contributed by atoms with van der Waals surface area (Å²) in [5.41, 5.74) is 1.89. The number of hydrogen-bond donors (Lipinski definition) is 1. The van der Waals surface area contributed by atoms with E-state index in [1.165, 1.54) is 0 Å². The van der Waals surface area contributed by atoms with E-state index in [4.69, 9.17) is 9.26 Å². The number of methoxy groups -OCH3 is 1. The first-order valence-corrected chi connectivity index (χ1v) is 8.78. The van der Waals surface area contributed by atoms with Crippen molar-refractivity contribution in [1.82, 2.24) is 15.4 Å². The molecule has 1 atom stereocenters. The third-order valence-corrected chi connectivity index (χ3v) is 4.61. The summed E-state index contributed by atoms with van der Waals surface area (Å²) in [5.74, 6) is 1.57. The number of amides is 2. The molecule has 1 unspecified atom stereocenters. The van der Waals surface area contributed by atoms with E-state index in [0.717, 1.165) is 55.0 Å². The highest BCUT2D eigenvalue weighted by Crippen LogP contribution is 2.31. The molecule has 0 radical (unpaired) electrons. The van der Waals surface area contributed by atoms with Crippen LogP contribution < -0.4 is 10.1 Å². The van der Waals surface area contributed by atoms with Crippen molar-refractivity contribution in [3.8, 4) is 5.75 Å². The van der Waals surface area contributed by atoms with Crippen LogP contribution in [0.1, 0.15) is 48.7 Å². The van der Waals surface area contributed by atoms with Gasteiger partial charge in [0.2, 0.25) is 0 Å². The summed E-state index contributed by atoms with van der Waals surface area (Å²) >= 11 is 0. The second-order valence-corrected chi connectivity index (χ2v) is 6.42. The Morgan fingerprint density at radius 1 is 1.32 bits per heavy atom. The molecular formula is C19H25N3O3. The van der Waals surface area contributed by atoms with E-state index in [1.807, 2.05) is 30.0 Å². The predicted octanol–water partition coefficient (Wildman–Crippen LogP) is 3.82. The Morgan fingerprint density at radius 2 is 2.12 bits per heavy atom. The molecule has 3 rings (SSSR count). The first-order valence-electron chi connectivity index (χ1n) is 8.78. The summed E-state index contributed by atoms with van der Waals surface area (Å²) in [6, 6.07) is 9.88. The maximum absolute atomic E-state index is 12.8. The summed E-state index contributed by atoms with van der Waals surface area (Å²) in [6.45, 7) is 2.98. The number of benzene rings is 1. The average molecular weight is 343 g/mol. The summed E-state index contributed by atoms with van der Waals surface area (Å²) in [6.07, 6.45) is 4.29. The zero-order valence-electron chi connectivity index (χ0n) is 14.8. The summed E-state index contributed by atoms with van der Waals surface area (Å²) < 4.78 is 10.3. The molecule has 1 N–H and O–H groups in total. The van der Waals surface area contributed by atoms with Gasteiger partial charge in [0.1, 0.15) is 17.2 Å². The number of carbonyl (C=O) groups excluding carboxylic acids is 1. The molecule has 1 aliphatic heterocycles. The molecule has 6 heteroatoms. The van der Waals surface area contributed by atoms with E-state index in [2.05, 4.69) is 22.6 Å². The largest absolute Gasteiger partial charge is 0.497 e. The second kappa shape index (κ2) is 8.05. The summed E-state index contributed by atoms with van der Waals surface area (Å²) in [7, 11) is 1.66. The average Bonchev–Trinajstić information content (AvgIpc) is 2.90. The molecule has 0 bridgehead atoms. The Labute approximate surface area is 148 Å². The Kier molecular flexibility index (Phi) is 5.58. The SMILES string of the molecule is COc1ccc(C2CCCCCN2C(=O)NCc2cc(C)on2)cc1. The van der Waals surface area contributed by atoms with Gasteiger partial charge in [-0.2, -0.15) is 0 Å². The van der Waals surface area contributed by atoms with Crippen LogP contribution in [0.2, 0.25) is 0 Å². The number of hydrogen-bond acceptors (Lipinski definition) is 4. The van der Waals surface area contributed by atoms with Crippen LogP contribution in [0.5, 0.6) is 5.75 Å². The second-order valence-electron chi connectivity index (χ2n) is 6.42. The molecule has 1 aromatic heterocycles. The van der Waals surface area contributed by atoms with Crippen LogP contribution in [0.25, 0.3) is 0 Å². The highest BCUT2D eigenvalue weighted by Gasteiger charge is 2.26. The van der Waals surface area contributed by atoms with Gasteiger partial charge >= 0.3 is 6.03 Å². The van der Waals surface area contributed by atoms with Gasteiger partial charge in [0, 0.05) is 12.6 Å². The predicted molar refractivity (Wildman–Crippen MR) is 94.4 cm³/mol. The fraction of sp³-hybridized carbons (Fsp3) is 0.474. The van der Waals surface area contributed by atoms with Gasteiger partial charge in [-0.25, -0.2) is 4.79 Å². The van der Waals surface area contributed by atoms with Crippen molar-refractivity contribution in [2.24, 2.45) is 0 Å². The molecule has 134 valence electrons. The molecule has 1 aromatic carbocycles. The van der Waals surface area contributed by atoms with E-state index in [9.17, 15) is 4.79 Å². The van der Waals surface area contributed by atoms with Crippen LogP contribution in [-0.4, -0.2) is 29.7 Å². The Hall–Kier alpha value is -2.50. The molecule has 6 nitrogen and oxygen atoms in total. The molecule has 1 fully saturated rings. The highest BCUT2D eigenvalue weighted by molar-refractivity contribution is 5.74. The third-order valence-electron chi connectivity index (χ3n) is 4.61. The Bertz CT molecular complexity index is 696. The van der Waals surface area contributed by atoms with Crippen molar-refractivity contribution in [1.29, 1.82) is 0 Å². The minimum Gasteiger partial charge on any atom is -0.497 e. The van der Waals surface area contributed by atoms with Gasteiger partial charge in [0.25, 0.3) is 0 Å². The van der Waals surface area contributed by atoms with Gasteiger partial charge < -0.3 is 19.5 Å². The molecule has 2 amide bonds. The number of aromatic nitrogens is 1. The first kappa shape index (κ1) is 17.3. The van der Waals surface area contributed by atoms with Crippen LogP contribution >= 0.6 is 0 Å². The van der Waals surface area contributed by atoms with Gasteiger partial charge in [0.05, 0.1) is 19.7 Å². The van der Waals surface area contributed by atoms with Gasteiger partial charge in [-0.15, -0.1) is 0 Å². The van der Waals surface area contributed by atoms with Crippen LogP contribution in [0.3, 0.4) is 0 Å². The number of aryl methyl sites for hydroxylation is 1. The number of nitrogens with one attached hydrogen (secondary N) is 1. The summed E-state index contributed by atoms with van der Waals surface area (Å²) in [4.78, 5) is 14.7. The van der Waals surface area contributed by atoms with Crippen molar-refractivity contribution in [2.75, 3.05) is 13.7 Å². The minimum atomic E-state index is -0.0524. The number of urea groups is 1. The third kappa shape index (κ3) is 4.32. The quantitative estimate of drug-likeness (QED) is 0.916. The maximum atomic E-state index is 12.8. The van der Waals surface area contributed by atoms with Crippen molar-refractivity contribution >= 4 is 6.03 Å². The topological polar surface area (TPSA) is 67.6 Å². The van der Waals surface area contributed by atoms with E-state index >= 15 is 0 Å². The van der Waals surface area contributed by atoms with E-state index in [0.29, 0.717) is 6.54 Å². The van der Waals surface area contributed by atoms with Gasteiger partial charge in [-0.3, -0.25) is 0 Å². The Morgan fingerprint density at radius 3 is 2.80 bits per heavy atom. The molecule has 0 saturated carbocycles. The van der Waals surface area contributed by atoms with Gasteiger partial charge in [-0.1, -0.05) is 30.1 Å². The summed E-state index contributed by atoms with van der Waals surface area (Å²) in [5, 5.41) is 6.90. The van der Waals surface area contributed by atoms with Crippen molar-refractivity contribution in [2.45, 2.75) is 45.2 Å². The first-order chi connectivity index (χ1) is 12.2. The highest BCUT2D eigenvalue weighted by atomic mass is 16.5. The normalized spacial score (nSPS) is 17.8. The molecule has 0 spiro atoms. The number of ether oxygens (including phenoxy) is 1. The van der Waals surface area contributed by atoms with Crippen molar-refractivity contribution < 1.29 is 14.1 Å². The van der Waals surface area contributed by atoms with Crippen molar-refractivity contribution in [3.05, 3.63) is 47.3 Å². The van der Waals surface area contributed by atoms with Gasteiger partial charge in [0.15, 0.2) is 0 Å². The lowest BCUT2D eigenvalue weighted by molar-refractivity contribution is 0.175. The standard InChI is InChI=1S/C19H25N3O3/c1-14-12-16(21-25-14)13-20-19(23)22-11-5-3-4-6-18(22)15-7-9-17(24-2)10-8-15/h7-10,12,18H,3-6,11,13H2,1-2H3,(H,20,23). The molecule has 1 saturated heterocycles. The smallest absolute Gasteiger partial charge is 0.318 e. The van der Waals surface area contributed by atoms with E-state index in [-0.39, 0.29) is 12.1 Å². The van der Waals surface area contributed by atoms with E-state index in [1.54, 1.807) is 7.11 Å². The van der Waals surface area contributed by atoms with Gasteiger partial charge in [-0.05, 0) is 37.5 Å². The molecule has 0 aliphatic carbocycles. The monoisotopic (exact) mass is 343 g/mol. The molecular weight excluding hydrogens is 318 g/mol. The zero-order valence-corrected chi connectivity index (χ0v) is 14.8. The number of likely N-dealkylation sites (tertiary alicyclic amines) is 1. The maximum Gasteiger partial charge on any atom is 0.318 e. The van der Waals surface area contributed by atoms with Crippen LogP contribution in [0.15, 0.2) is 34.9 Å². The number of rotatable bonds is 4. The molecule has 2 aromatic rings. The number of nitrogens with zero attached hydrogens (tertiary/aromatic N) is 2. The molecule has 2 heterocycles.